The molecule has 0 bridgehead atoms. The Morgan fingerprint density at radius 3 is 2.28 bits per heavy atom. The van der Waals surface area contributed by atoms with Gasteiger partial charge in [0.15, 0.2) is 5.69 Å². The second kappa shape index (κ2) is 12.9. The van der Waals surface area contributed by atoms with Crippen LogP contribution < -0.4 is 11.1 Å². The highest BCUT2D eigenvalue weighted by molar-refractivity contribution is 5.94. The Hall–Kier alpha value is -5.20. The van der Waals surface area contributed by atoms with Crippen molar-refractivity contribution in [1.29, 1.82) is 0 Å². The molecule has 3 N–H and O–H groups in total. The second-order valence-electron chi connectivity index (χ2n) is 11.2. The van der Waals surface area contributed by atoms with Crippen LogP contribution in [0.15, 0.2) is 66.9 Å². The first kappa shape index (κ1) is 33.2. The highest BCUT2D eigenvalue weighted by atomic mass is 19.4. The minimum atomic E-state index is -4.80. The Morgan fingerprint density at radius 2 is 1.64 bits per heavy atom. The molecular formula is C34H29F6N5O2. The number of nitrogens with one attached hydrogen (secondary N) is 1. The molecule has 0 aliphatic heterocycles. The molecule has 7 nitrogen and oxygen atoms in total. The molecule has 47 heavy (non-hydrogen) atoms. The first-order chi connectivity index (χ1) is 22.2. The van der Waals surface area contributed by atoms with Gasteiger partial charge in [0.25, 0.3) is 5.91 Å². The van der Waals surface area contributed by atoms with E-state index in [-0.39, 0.29) is 35.0 Å². The van der Waals surface area contributed by atoms with Crippen LogP contribution in [0.2, 0.25) is 0 Å². The van der Waals surface area contributed by atoms with Gasteiger partial charge < -0.3 is 11.1 Å². The number of hydrogen-bond donors (Lipinski definition) is 2. The third-order valence-corrected chi connectivity index (χ3v) is 7.96. The molecule has 0 radical (unpaired) electrons. The van der Waals surface area contributed by atoms with Crippen LogP contribution in [0, 0.1) is 31.3 Å². The van der Waals surface area contributed by atoms with Gasteiger partial charge in [0.2, 0.25) is 5.91 Å². The quantitative estimate of drug-likeness (QED) is 0.163. The van der Waals surface area contributed by atoms with Gasteiger partial charge in [0.1, 0.15) is 23.5 Å². The topological polar surface area (TPSA) is 103 Å². The molecule has 0 saturated heterocycles. The monoisotopic (exact) mass is 653 g/mol. The summed E-state index contributed by atoms with van der Waals surface area (Å²) >= 11 is 0. The Morgan fingerprint density at radius 1 is 0.957 bits per heavy atom. The number of aromatic nitrogens is 3. The first-order valence-electron chi connectivity index (χ1n) is 14.5. The van der Waals surface area contributed by atoms with E-state index in [1.165, 1.54) is 30.5 Å². The predicted molar refractivity (Wildman–Crippen MR) is 163 cm³/mol. The lowest BCUT2D eigenvalue weighted by molar-refractivity contribution is -0.141. The molecule has 0 unspecified atom stereocenters. The van der Waals surface area contributed by atoms with E-state index in [0.29, 0.717) is 28.3 Å². The van der Waals surface area contributed by atoms with Crippen molar-refractivity contribution < 1.29 is 35.9 Å². The maximum Gasteiger partial charge on any atom is 0.435 e. The smallest absolute Gasteiger partial charge is 0.366 e. The third-order valence-electron chi connectivity index (χ3n) is 7.96. The number of nitrogens with two attached hydrogens (primary N) is 1. The Kier molecular flexibility index (Phi) is 9.10. The summed E-state index contributed by atoms with van der Waals surface area (Å²) in [5.74, 6) is -4.34. The lowest BCUT2D eigenvalue weighted by Crippen LogP contribution is -2.37. The molecule has 244 valence electrons. The number of rotatable bonds is 9. The molecule has 2 atom stereocenters. The van der Waals surface area contributed by atoms with Crippen LogP contribution in [0.1, 0.15) is 63.9 Å². The molecule has 3 aromatic carbocycles. The number of halogens is 6. The maximum absolute atomic E-state index is 14.3. The third kappa shape index (κ3) is 6.83. The van der Waals surface area contributed by atoms with Crippen molar-refractivity contribution in [1.82, 2.24) is 20.1 Å². The molecule has 2 heterocycles. The molecule has 0 aliphatic carbocycles. The summed E-state index contributed by atoms with van der Waals surface area (Å²) < 4.78 is 86.1. The lowest BCUT2D eigenvalue weighted by atomic mass is 9.94. The Labute approximate surface area is 265 Å². The standard InChI is InChI=1S/C34H29F6N5O2/c1-4-28(45-29-11-18(3)17(2)10-25(29)31(44-45)34(38,39)40)33(47)43-27(14-19-12-21(35)16-22(36)13-19)30-23(6-5-9-42-30)20-7-8-26(37)24(15-20)32(41)46/h5-13,15-16,27-28H,4,14H2,1-3H3,(H2,41,46)(H,43,47)/t27-,28+/m0/s1. The van der Waals surface area contributed by atoms with Gasteiger partial charge in [-0.15, -0.1) is 0 Å². The molecule has 0 saturated carbocycles. The minimum Gasteiger partial charge on any atom is -0.366 e. The number of carbonyl (C=O) groups excluding carboxylic acids is 2. The van der Waals surface area contributed by atoms with Crippen molar-refractivity contribution in [3.05, 3.63) is 118 Å². The fourth-order valence-electron chi connectivity index (χ4n) is 5.58. The Balaban J connectivity index is 1.62. The fourth-order valence-corrected chi connectivity index (χ4v) is 5.58. The van der Waals surface area contributed by atoms with Crippen LogP contribution in [0.4, 0.5) is 26.3 Å². The van der Waals surface area contributed by atoms with Crippen molar-refractivity contribution in [3.8, 4) is 11.1 Å². The van der Waals surface area contributed by atoms with Gasteiger partial charge in [-0.05, 0) is 91.4 Å². The van der Waals surface area contributed by atoms with Crippen molar-refractivity contribution in [2.75, 3.05) is 0 Å². The molecule has 0 aliphatic rings. The van der Waals surface area contributed by atoms with E-state index in [9.17, 15) is 35.9 Å². The summed E-state index contributed by atoms with van der Waals surface area (Å²) in [6, 6.07) is 10.2. The maximum atomic E-state index is 14.3. The number of pyridine rings is 1. The van der Waals surface area contributed by atoms with Crippen molar-refractivity contribution in [2.45, 2.75) is 51.9 Å². The first-order valence-corrected chi connectivity index (χ1v) is 14.5. The van der Waals surface area contributed by atoms with E-state index >= 15 is 0 Å². The van der Waals surface area contributed by atoms with E-state index in [0.717, 1.165) is 22.9 Å². The average molecular weight is 654 g/mol. The summed E-state index contributed by atoms with van der Waals surface area (Å²) in [6.45, 7) is 5.02. The van der Waals surface area contributed by atoms with Gasteiger partial charge in [0.05, 0.1) is 22.8 Å². The number of alkyl halides is 3. The number of carbonyl (C=O) groups is 2. The number of amides is 2. The van der Waals surface area contributed by atoms with E-state index in [2.05, 4.69) is 15.4 Å². The summed E-state index contributed by atoms with van der Waals surface area (Å²) in [7, 11) is 0. The molecule has 5 aromatic rings. The summed E-state index contributed by atoms with van der Waals surface area (Å²) in [4.78, 5) is 30.3. The fraction of sp³-hybridized carbons (Fsp3) is 0.235. The average Bonchev–Trinajstić information content (AvgIpc) is 3.35. The molecule has 0 spiro atoms. The normalized spacial score (nSPS) is 13.0. The number of benzene rings is 3. The molecule has 5 rings (SSSR count). The predicted octanol–water partition coefficient (Wildman–Crippen LogP) is 7.30. The van der Waals surface area contributed by atoms with Crippen molar-refractivity contribution in [3.63, 3.8) is 0 Å². The van der Waals surface area contributed by atoms with E-state index in [4.69, 9.17) is 5.73 Å². The van der Waals surface area contributed by atoms with Crippen LogP contribution in [0.5, 0.6) is 0 Å². The Bertz CT molecular complexity index is 1990. The molecule has 2 amide bonds. The number of nitrogens with zero attached hydrogens (tertiary/aromatic N) is 3. The zero-order valence-corrected chi connectivity index (χ0v) is 25.4. The number of fused-ring (bicyclic) bond motifs is 1. The largest absolute Gasteiger partial charge is 0.435 e. The minimum absolute atomic E-state index is 0.0309. The van der Waals surface area contributed by atoms with Gasteiger partial charge in [-0.3, -0.25) is 19.3 Å². The number of aryl methyl sites for hydroxylation is 2. The highest BCUT2D eigenvalue weighted by Gasteiger charge is 2.38. The van der Waals surface area contributed by atoms with Gasteiger partial charge in [-0.2, -0.15) is 18.3 Å². The van der Waals surface area contributed by atoms with Gasteiger partial charge >= 0.3 is 6.18 Å². The van der Waals surface area contributed by atoms with Gasteiger partial charge in [0, 0.05) is 23.2 Å². The number of hydrogen-bond acceptors (Lipinski definition) is 4. The number of primary amides is 1. The van der Waals surface area contributed by atoms with Crippen molar-refractivity contribution >= 4 is 22.7 Å². The zero-order chi connectivity index (χ0) is 34.2. The van der Waals surface area contributed by atoms with Crippen LogP contribution in [-0.2, 0) is 17.4 Å². The van der Waals surface area contributed by atoms with E-state index in [1.54, 1.807) is 32.9 Å². The van der Waals surface area contributed by atoms with Crippen LogP contribution in [0.3, 0.4) is 0 Å². The lowest BCUT2D eigenvalue weighted by Gasteiger charge is -2.25. The van der Waals surface area contributed by atoms with Gasteiger partial charge in [-0.25, -0.2) is 13.2 Å². The van der Waals surface area contributed by atoms with Crippen molar-refractivity contribution in [2.24, 2.45) is 5.73 Å². The molecular weight excluding hydrogens is 624 g/mol. The SMILES string of the molecule is CC[C@H](C(=O)N[C@@H](Cc1cc(F)cc(F)c1)c1ncccc1-c1ccc(F)c(C(N)=O)c1)n1nc(C(F)(F)F)c2cc(C)c(C)cc21. The van der Waals surface area contributed by atoms with Crippen LogP contribution >= 0.6 is 0 Å². The highest BCUT2D eigenvalue weighted by Crippen LogP contribution is 2.37. The van der Waals surface area contributed by atoms with E-state index < -0.39 is 58.8 Å². The molecule has 0 fully saturated rings. The molecule has 13 heteroatoms. The summed E-state index contributed by atoms with van der Waals surface area (Å²) in [5, 5.41) is 6.51. The zero-order valence-electron chi connectivity index (χ0n) is 25.4. The van der Waals surface area contributed by atoms with Crippen LogP contribution in [0.25, 0.3) is 22.0 Å². The molecule has 2 aromatic heterocycles. The second-order valence-corrected chi connectivity index (χ2v) is 11.2. The van der Waals surface area contributed by atoms with Gasteiger partial charge in [-0.1, -0.05) is 19.1 Å². The van der Waals surface area contributed by atoms with Crippen LogP contribution in [-0.4, -0.2) is 26.6 Å². The van der Waals surface area contributed by atoms with E-state index in [1.807, 2.05) is 0 Å². The summed E-state index contributed by atoms with van der Waals surface area (Å²) in [5.41, 5.74) is 6.19. The summed E-state index contributed by atoms with van der Waals surface area (Å²) in [6.07, 6.45) is -3.56.